The van der Waals surface area contributed by atoms with Gasteiger partial charge in [-0.25, -0.2) is 9.79 Å². The molecule has 0 bridgehead atoms. The number of amides is 2. The Morgan fingerprint density at radius 1 is 1.18 bits per heavy atom. The first-order valence-electron chi connectivity index (χ1n) is 10.6. The van der Waals surface area contributed by atoms with E-state index in [0.29, 0.717) is 51.5 Å². The van der Waals surface area contributed by atoms with Gasteiger partial charge >= 0.3 is 5.97 Å². The maximum absolute atomic E-state index is 12.4. The third-order valence-electron chi connectivity index (χ3n) is 4.55. The zero-order valence-electron chi connectivity index (χ0n) is 19.0. The van der Waals surface area contributed by atoms with Gasteiger partial charge in [-0.15, -0.1) is 0 Å². The topological polar surface area (TPSA) is 126 Å². The van der Waals surface area contributed by atoms with Gasteiger partial charge in [0.05, 0.1) is 17.2 Å². The van der Waals surface area contributed by atoms with E-state index in [2.05, 4.69) is 15.6 Å². The number of rotatable bonds is 9. The molecule has 34 heavy (non-hydrogen) atoms. The minimum Gasteiger partial charge on any atom is -0.490 e. The number of hydrogen-bond acceptors (Lipinski definition) is 7. The fourth-order valence-corrected chi connectivity index (χ4v) is 3.86. The van der Waals surface area contributed by atoms with E-state index in [9.17, 15) is 19.5 Å². The average molecular weight is 484 g/mol. The molecule has 0 saturated carbocycles. The summed E-state index contributed by atoms with van der Waals surface area (Å²) < 4.78 is 11.2. The minimum atomic E-state index is -1.05. The summed E-state index contributed by atoms with van der Waals surface area (Å²) in [6, 6.07) is 12.0. The molecule has 3 rings (SSSR count). The Kier molecular flexibility index (Phi) is 8.31. The highest BCUT2D eigenvalue weighted by atomic mass is 32.2. The highest BCUT2D eigenvalue weighted by Crippen LogP contribution is 2.33. The Balaban J connectivity index is 1.78. The predicted molar refractivity (Wildman–Crippen MR) is 132 cm³/mol. The van der Waals surface area contributed by atoms with Gasteiger partial charge in [0.15, 0.2) is 22.8 Å². The molecule has 1 aliphatic rings. The van der Waals surface area contributed by atoms with E-state index < -0.39 is 12.1 Å². The van der Waals surface area contributed by atoms with Crippen molar-refractivity contribution in [3.05, 3.63) is 52.9 Å². The van der Waals surface area contributed by atoms with Gasteiger partial charge in [0.25, 0.3) is 5.91 Å². The van der Waals surface area contributed by atoms with Crippen LogP contribution in [0.4, 0.5) is 11.4 Å². The summed E-state index contributed by atoms with van der Waals surface area (Å²) in [5, 5.41) is 15.1. The first-order chi connectivity index (χ1) is 16.3. The van der Waals surface area contributed by atoms with Crippen molar-refractivity contribution in [2.24, 2.45) is 4.99 Å². The Hall–Kier alpha value is -3.79. The van der Waals surface area contributed by atoms with Crippen LogP contribution in [0.5, 0.6) is 11.5 Å². The summed E-state index contributed by atoms with van der Waals surface area (Å²) in [6.07, 6.45) is 1.02. The number of thioether (sulfide) groups is 1. The van der Waals surface area contributed by atoms with E-state index in [1.807, 2.05) is 6.92 Å². The lowest BCUT2D eigenvalue weighted by molar-refractivity contribution is -0.145. The highest BCUT2D eigenvalue weighted by molar-refractivity contribution is 8.18. The number of amidine groups is 1. The van der Waals surface area contributed by atoms with Gasteiger partial charge in [-0.1, -0.05) is 13.0 Å². The Morgan fingerprint density at radius 3 is 2.53 bits per heavy atom. The quantitative estimate of drug-likeness (QED) is 0.457. The number of hydrogen-bond donors (Lipinski definition) is 3. The van der Waals surface area contributed by atoms with Crippen molar-refractivity contribution >= 4 is 52.2 Å². The maximum atomic E-state index is 12.4. The van der Waals surface area contributed by atoms with Crippen LogP contribution in [0.2, 0.25) is 0 Å². The number of carbonyl (C=O) groups is 3. The van der Waals surface area contributed by atoms with Crippen LogP contribution in [0.25, 0.3) is 6.08 Å². The number of aliphatic carboxylic acids is 1. The molecule has 178 valence electrons. The van der Waals surface area contributed by atoms with Crippen molar-refractivity contribution in [2.45, 2.75) is 33.3 Å². The molecule has 1 fully saturated rings. The molecular formula is C24H25N3O6S. The van der Waals surface area contributed by atoms with Crippen LogP contribution in [-0.4, -0.2) is 40.8 Å². The third-order valence-corrected chi connectivity index (χ3v) is 5.46. The monoisotopic (exact) mass is 483 g/mol. The van der Waals surface area contributed by atoms with Gasteiger partial charge in [-0.2, -0.15) is 0 Å². The van der Waals surface area contributed by atoms with Crippen LogP contribution >= 0.6 is 11.8 Å². The maximum Gasteiger partial charge on any atom is 0.344 e. The molecular weight excluding hydrogens is 458 g/mol. The summed E-state index contributed by atoms with van der Waals surface area (Å²) in [5.41, 5.74) is 1.98. The number of ether oxygens (including phenoxy) is 2. The van der Waals surface area contributed by atoms with Gasteiger partial charge in [0.2, 0.25) is 5.91 Å². The predicted octanol–water partition coefficient (Wildman–Crippen LogP) is 4.18. The second-order valence-corrected chi connectivity index (χ2v) is 8.23. The molecule has 2 aromatic carbocycles. The zero-order valence-corrected chi connectivity index (χ0v) is 19.8. The first-order valence-corrected chi connectivity index (χ1v) is 11.4. The van der Waals surface area contributed by atoms with Crippen molar-refractivity contribution in [3.63, 3.8) is 0 Å². The lowest BCUT2D eigenvalue weighted by Crippen LogP contribution is -2.26. The minimum absolute atomic E-state index is 0.161. The molecule has 2 amide bonds. The van der Waals surface area contributed by atoms with Crippen LogP contribution in [-0.2, 0) is 14.4 Å². The van der Waals surface area contributed by atoms with Crippen LogP contribution < -0.4 is 20.1 Å². The average Bonchev–Trinajstić information content (AvgIpc) is 3.12. The number of carboxylic acids is 1. The Bertz CT molecular complexity index is 1140. The van der Waals surface area contributed by atoms with Gasteiger partial charge < -0.3 is 25.2 Å². The van der Waals surface area contributed by atoms with Crippen molar-refractivity contribution in [2.75, 3.05) is 11.9 Å². The smallest absolute Gasteiger partial charge is 0.344 e. The van der Waals surface area contributed by atoms with Gasteiger partial charge in [-0.3, -0.25) is 9.59 Å². The van der Waals surface area contributed by atoms with Crippen LogP contribution in [0.15, 0.2) is 52.4 Å². The second-order valence-electron chi connectivity index (χ2n) is 7.20. The fourth-order valence-electron chi connectivity index (χ4n) is 3.01. The number of aliphatic imine (C=N–C) groups is 1. The van der Waals surface area contributed by atoms with E-state index in [4.69, 9.17) is 9.47 Å². The lowest BCUT2D eigenvalue weighted by Gasteiger charge is -2.16. The lowest BCUT2D eigenvalue weighted by atomic mass is 10.1. The van der Waals surface area contributed by atoms with Crippen molar-refractivity contribution in [1.29, 1.82) is 0 Å². The summed E-state index contributed by atoms with van der Waals surface area (Å²) in [5.74, 6) is -0.771. The molecule has 1 atom stereocenters. The van der Waals surface area contributed by atoms with Crippen molar-refractivity contribution in [3.8, 4) is 11.5 Å². The fraction of sp³-hybridized carbons (Fsp3) is 0.250. The molecule has 0 aromatic heterocycles. The van der Waals surface area contributed by atoms with Gasteiger partial charge in [0.1, 0.15) is 0 Å². The zero-order chi connectivity index (χ0) is 24.7. The number of benzene rings is 2. The van der Waals surface area contributed by atoms with Crippen molar-refractivity contribution in [1.82, 2.24) is 5.32 Å². The summed E-state index contributed by atoms with van der Waals surface area (Å²) in [6.45, 7) is 5.34. The SMILES string of the molecule is CCOc1cc(/C=C2/SC(=Nc3ccc(NC(C)=O)cc3)NC2=O)ccc1OC(CC)C(=O)O. The van der Waals surface area contributed by atoms with Crippen LogP contribution in [0.3, 0.4) is 0 Å². The Labute approximate surface area is 201 Å². The standard InChI is InChI=1S/C24H25N3O6S/c1-4-18(23(30)31)33-19-11-6-15(12-20(19)32-5-2)13-21-22(29)27-24(34-21)26-17-9-7-16(8-10-17)25-14(3)28/h6-13,18H,4-5H2,1-3H3,(H,25,28)(H,30,31)(H,26,27,29)/b21-13+. The van der Waals surface area contributed by atoms with E-state index in [1.54, 1.807) is 55.5 Å². The molecule has 3 N–H and O–H groups in total. The van der Waals surface area contributed by atoms with E-state index in [0.717, 1.165) is 0 Å². The number of carbonyl (C=O) groups excluding carboxylic acids is 2. The normalized spacial score (nSPS) is 16.3. The molecule has 0 radical (unpaired) electrons. The molecule has 0 spiro atoms. The third kappa shape index (κ3) is 6.61. The summed E-state index contributed by atoms with van der Waals surface area (Å²) >= 11 is 1.20. The summed E-state index contributed by atoms with van der Waals surface area (Å²) in [4.78, 5) is 39.8. The molecule has 1 heterocycles. The van der Waals surface area contributed by atoms with E-state index in [1.165, 1.54) is 18.7 Å². The highest BCUT2D eigenvalue weighted by Gasteiger charge is 2.24. The van der Waals surface area contributed by atoms with Gasteiger partial charge in [0, 0.05) is 12.6 Å². The number of nitrogens with zero attached hydrogens (tertiary/aromatic N) is 1. The van der Waals surface area contributed by atoms with Crippen molar-refractivity contribution < 1.29 is 29.0 Å². The molecule has 1 aliphatic heterocycles. The second kappa shape index (κ2) is 11.4. The van der Waals surface area contributed by atoms with E-state index >= 15 is 0 Å². The number of carboxylic acid groups (broad SMARTS) is 1. The molecule has 10 heteroatoms. The Morgan fingerprint density at radius 2 is 1.91 bits per heavy atom. The molecule has 1 saturated heterocycles. The molecule has 2 aromatic rings. The number of anilines is 1. The number of nitrogens with one attached hydrogen (secondary N) is 2. The first kappa shape index (κ1) is 24.8. The van der Waals surface area contributed by atoms with Gasteiger partial charge in [-0.05, 0) is 73.1 Å². The van der Waals surface area contributed by atoms with Crippen LogP contribution in [0.1, 0.15) is 32.8 Å². The molecule has 1 unspecified atom stereocenters. The molecule has 0 aliphatic carbocycles. The largest absolute Gasteiger partial charge is 0.490 e. The van der Waals surface area contributed by atoms with Crippen LogP contribution in [0, 0.1) is 0 Å². The molecule has 9 nitrogen and oxygen atoms in total. The summed E-state index contributed by atoms with van der Waals surface area (Å²) in [7, 11) is 0. The van der Waals surface area contributed by atoms with E-state index in [-0.39, 0.29) is 11.8 Å².